The third kappa shape index (κ3) is 3.76. The fourth-order valence-corrected chi connectivity index (χ4v) is 2.18. The molecule has 0 aliphatic rings. The molecule has 0 spiro atoms. The molecule has 2 rings (SSSR count). The van der Waals surface area contributed by atoms with Crippen molar-refractivity contribution >= 4 is 29.0 Å². The highest BCUT2D eigenvalue weighted by Gasteiger charge is 2.10. The monoisotopic (exact) mass is 307 g/mol. The molecule has 1 N–H and O–H groups in total. The van der Waals surface area contributed by atoms with Crippen molar-refractivity contribution in [1.29, 1.82) is 0 Å². The SMILES string of the molecule is CNC/C=C(\Oc1c(Cl)cccc1Cl)c1ccccc1. The van der Waals surface area contributed by atoms with Crippen LogP contribution in [0.15, 0.2) is 54.6 Å². The molecule has 2 aromatic carbocycles. The molecule has 4 heteroatoms. The summed E-state index contributed by atoms with van der Waals surface area (Å²) in [5, 5.41) is 4.04. The van der Waals surface area contributed by atoms with Crippen LogP contribution in [0.4, 0.5) is 0 Å². The summed E-state index contributed by atoms with van der Waals surface area (Å²) in [5.41, 5.74) is 0.971. The summed E-state index contributed by atoms with van der Waals surface area (Å²) in [7, 11) is 1.88. The average molecular weight is 308 g/mol. The number of rotatable bonds is 5. The first-order chi connectivity index (χ1) is 9.72. The molecule has 0 radical (unpaired) electrons. The van der Waals surface area contributed by atoms with Gasteiger partial charge in [-0.3, -0.25) is 0 Å². The molecule has 0 unspecified atom stereocenters. The lowest BCUT2D eigenvalue weighted by molar-refractivity contribution is 0.513. The number of likely N-dealkylation sites (N-methyl/N-ethyl adjacent to an activating group) is 1. The van der Waals surface area contributed by atoms with E-state index in [4.69, 9.17) is 27.9 Å². The number of benzene rings is 2. The van der Waals surface area contributed by atoms with Crippen molar-refractivity contribution in [2.45, 2.75) is 0 Å². The van der Waals surface area contributed by atoms with Crippen LogP contribution >= 0.6 is 23.2 Å². The Morgan fingerprint density at radius 1 is 1.05 bits per heavy atom. The lowest BCUT2D eigenvalue weighted by Crippen LogP contribution is -2.07. The molecule has 0 fully saturated rings. The van der Waals surface area contributed by atoms with Crippen LogP contribution in [0.1, 0.15) is 5.56 Å². The van der Waals surface area contributed by atoms with E-state index >= 15 is 0 Å². The summed E-state index contributed by atoms with van der Waals surface area (Å²) in [6.07, 6.45) is 1.95. The van der Waals surface area contributed by atoms with Gasteiger partial charge in [-0.1, -0.05) is 59.6 Å². The first-order valence-corrected chi connectivity index (χ1v) is 7.00. The van der Waals surface area contributed by atoms with Gasteiger partial charge in [-0.05, 0) is 25.3 Å². The highest BCUT2D eigenvalue weighted by Crippen LogP contribution is 2.35. The average Bonchev–Trinajstić information content (AvgIpc) is 2.47. The summed E-state index contributed by atoms with van der Waals surface area (Å²) in [6, 6.07) is 15.1. The van der Waals surface area contributed by atoms with Gasteiger partial charge < -0.3 is 10.1 Å². The van der Waals surface area contributed by atoms with E-state index in [2.05, 4.69) is 5.32 Å². The summed E-state index contributed by atoms with van der Waals surface area (Å²) >= 11 is 12.3. The fraction of sp³-hybridized carbons (Fsp3) is 0.125. The standard InChI is InChI=1S/C16H15Cl2NO/c1-19-11-10-15(12-6-3-2-4-7-12)20-16-13(17)8-5-9-14(16)18/h2-10,19H,11H2,1H3/b15-10-. The Bertz CT molecular complexity index is 576. The Hall–Kier alpha value is -1.48. The molecule has 0 saturated heterocycles. The van der Waals surface area contributed by atoms with Gasteiger partial charge in [0.05, 0.1) is 10.0 Å². The van der Waals surface area contributed by atoms with Crippen molar-refractivity contribution in [2.75, 3.05) is 13.6 Å². The smallest absolute Gasteiger partial charge is 0.164 e. The second-order valence-electron chi connectivity index (χ2n) is 4.14. The minimum atomic E-state index is 0.474. The first kappa shape index (κ1) is 14.9. The number of hydrogen-bond donors (Lipinski definition) is 1. The number of hydrogen-bond acceptors (Lipinski definition) is 2. The first-order valence-electron chi connectivity index (χ1n) is 6.24. The van der Waals surface area contributed by atoms with Crippen molar-refractivity contribution in [2.24, 2.45) is 0 Å². The summed E-state index contributed by atoms with van der Waals surface area (Å²) < 4.78 is 5.92. The van der Waals surface area contributed by atoms with Gasteiger partial charge in [-0.25, -0.2) is 0 Å². The van der Waals surface area contributed by atoms with Crippen LogP contribution in [0.2, 0.25) is 10.0 Å². The third-order valence-corrected chi connectivity index (χ3v) is 3.28. The number of ether oxygens (including phenoxy) is 1. The maximum atomic E-state index is 6.14. The quantitative estimate of drug-likeness (QED) is 0.813. The highest BCUT2D eigenvalue weighted by atomic mass is 35.5. The van der Waals surface area contributed by atoms with E-state index in [9.17, 15) is 0 Å². The van der Waals surface area contributed by atoms with Crippen molar-refractivity contribution < 1.29 is 4.74 Å². The van der Waals surface area contributed by atoms with Crippen LogP contribution < -0.4 is 10.1 Å². The molecular formula is C16H15Cl2NO. The normalized spacial score (nSPS) is 11.4. The van der Waals surface area contributed by atoms with Gasteiger partial charge in [0.15, 0.2) is 5.75 Å². The van der Waals surface area contributed by atoms with E-state index in [1.807, 2.05) is 43.5 Å². The lowest BCUT2D eigenvalue weighted by Gasteiger charge is -2.13. The molecule has 20 heavy (non-hydrogen) atoms. The number of nitrogens with one attached hydrogen (secondary N) is 1. The Balaban J connectivity index is 2.34. The third-order valence-electron chi connectivity index (χ3n) is 2.68. The van der Waals surface area contributed by atoms with Gasteiger partial charge in [0.2, 0.25) is 0 Å². The van der Waals surface area contributed by atoms with E-state index in [0.29, 0.717) is 22.3 Å². The maximum Gasteiger partial charge on any atom is 0.164 e. The topological polar surface area (TPSA) is 21.3 Å². The van der Waals surface area contributed by atoms with Crippen LogP contribution in [0, 0.1) is 0 Å². The van der Waals surface area contributed by atoms with Crippen molar-refractivity contribution in [3.63, 3.8) is 0 Å². The van der Waals surface area contributed by atoms with Crippen molar-refractivity contribution in [3.8, 4) is 5.75 Å². The molecule has 0 aliphatic heterocycles. The zero-order valence-electron chi connectivity index (χ0n) is 11.1. The summed E-state index contributed by atoms with van der Waals surface area (Å²) in [4.78, 5) is 0. The number of halogens is 2. The van der Waals surface area contributed by atoms with Gasteiger partial charge in [0, 0.05) is 12.1 Å². The molecule has 0 saturated carbocycles. The van der Waals surface area contributed by atoms with Crippen LogP contribution in [0.25, 0.3) is 5.76 Å². The van der Waals surface area contributed by atoms with Gasteiger partial charge in [0.25, 0.3) is 0 Å². The molecule has 104 valence electrons. The molecule has 0 aliphatic carbocycles. The van der Waals surface area contributed by atoms with Gasteiger partial charge in [-0.2, -0.15) is 0 Å². The second-order valence-corrected chi connectivity index (χ2v) is 4.96. The van der Waals surface area contributed by atoms with Crippen molar-refractivity contribution in [3.05, 3.63) is 70.2 Å². The maximum absolute atomic E-state index is 6.14. The van der Waals surface area contributed by atoms with E-state index in [0.717, 1.165) is 11.3 Å². The van der Waals surface area contributed by atoms with Crippen LogP contribution in [0.3, 0.4) is 0 Å². The molecule has 0 aromatic heterocycles. The zero-order valence-corrected chi connectivity index (χ0v) is 12.6. The van der Waals surface area contributed by atoms with Gasteiger partial charge in [-0.15, -0.1) is 0 Å². The van der Waals surface area contributed by atoms with E-state index in [-0.39, 0.29) is 0 Å². The molecule has 2 nitrogen and oxygen atoms in total. The molecular weight excluding hydrogens is 293 g/mol. The Morgan fingerprint density at radius 2 is 1.70 bits per heavy atom. The minimum absolute atomic E-state index is 0.474. The fourth-order valence-electron chi connectivity index (χ4n) is 1.71. The highest BCUT2D eigenvalue weighted by molar-refractivity contribution is 6.37. The van der Waals surface area contributed by atoms with Crippen LogP contribution in [-0.4, -0.2) is 13.6 Å². The Morgan fingerprint density at radius 3 is 2.30 bits per heavy atom. The van der Waals surface area contributed by atoms with E-state index in [1.54, 1.807) is 18.2 Å². The lowest BCUT2D eigenvalue weighted by atomic mass is 10.2. The molecule has 2 aromatic rings. The second kappa shape index (κ2) is 7.34. The largest absolute Gasteiger partial charge is 0.454 e. The van der Waals surface area contributed by atoms with Crippen LogP contribution in [-0.2, 0) is 0 Å². The molecule has 0 heterocycles. The summed E-state index contributed by atoms with van der Waals surface area (Å²) in [6.45, 7) is 0.687. The number of para-hydroxylation sites is 1. The van der Waals surface area contributed by atoms with E-state index in [1.165, 1.54) is 0 Å². The van der Waals surface area contributed by atoms with Crippen LogP contribution in [0.5, 0.6) is 5.75 Å². The molecule has 0 bridgehead atoms. The predicted molar refractivity (Wildman–Crippen MR) is 85.4 cm³/mol. The molecule has 0 amide bonds. The van der Waals surface area contributed by atoms with Gasteiger partial charge in [0.1, 0.15) is 5.76 Å². The minimum Gasteiger partial charge on any atom is -0.454 e. The predicted octanol–water partition coefficient (Wildman–Crippen LogP) is 4.63. The Kier molecular flexibility index (Phi) is 5.48. The van der Waals surface area contributed by atoms with Gasteiger partial charge >= 0.3 is 0 Å². The van der Waals surface area contributed by atoms with Crippen molar-refractivity contribution in [1.82, 2.24) is 5.32 Å². The summed E-state index contributed by atoms with van der Waals surface area (Å²) in [5.74, 6) is 1.19. The van der Waals surface area contributed by atoms with E-state index < -0.39 is 0 Å². The zero-order chi connectivity index (χ0) is 14.4. The Labute approximate surface area is 129 Å². The molecule has 0 atom stereocenters.